The zero-order valence-electron chi connectivity index (χ0n) is 8.57. The van der Waals surface area contributed by atoms with E-state index in [0.717, 1.165) is 6.07 Å². The molecule has 0 unspecified atom stereocenters. The second kappa shape index (κ2) is 4.14. The fourth-order valence-corrected chi connectivity index (χ4v) is 2.47. The maximum Gasteiger partial charge on any atom is 0.433 e. The van der Waals surface area contributed by atoms with Crippen LogP contribution in [0.25, 0.3) is 10.9 Å². The van der Waals surface area contributed by atoms with Crippen LogP contribution in [0.2, 0.25) is 5.02 Å². The Labute approximate surface area is 109 Å². The molecular weight excluding hydrogens is 318 g/mol. The summed E-state index contributed by atoms with van der Waals surface area (Å²) in [5, 5.41) is 0.539. The van der Waals surface area contributed by atoms with Crippen molar-refractivity contribution in [1.82, 2.24) is 4.98 Å². The molecule has 6 heteroatoms. The molecule has 0 saturated heterocycles. The van der Waals surface area contributed by atoms with E-state index in [2.05, 4.69) is 20.9 Å². The summed E-state index contributed by atoms with van der Waals surface area (Å²) in [5.41, 5.74) is -0.0633. The van der Waals surface area contributed by atoms with Crippen LogP contribution < -0.4 is 0 Å². The summed E-state index contributed by atoms with van der Waals surface area (Å²) in [7, 11) is 0. The van der Waals surface area contributed by atoms with E-state index in [1.54, 1.807) is 19.1 Å². The number of pyridine rings is 1. The van der Waals surface area contributed by atoms with Crippen LogP contribution in [0.4, 0.5) is 13.2 Å². The summed E-state index contributed by atoms with van der Waals surface area (Å²) < 4.78 is 38.4. The Hall–Kier alpha value is -0.810. The van der Waals surface area contributed by atoms with Crippen molar-refractivity contribution in [2.24, 2.45) is 0 Å². The van der Waals surface area contributed by atoms with Crippen molar-refractivity contribution >= 4 is 38.4 Å². The van der Waals surface area contributed by atoms with Gasteiger partial charge in [-0.1, -0.05) is 33.6 Å². The first-order valence-corrected chi connectivity index (χ1v) is 5.80. The number of aromatic nitrogens is 1. The van der Waals surface area contributed by atoms with Crippen LogP contribution in [0, 0.1) is 6.92 Å². The number of halogens is 5. The normalized spacial score (nSPS) is 12.1. The van der Waals surface area contributed by atoms with Gasteiger partial charge in [0.2, 0.25) is 0 Å². The zero-order valence-corrected chi connectivity index (χ0v) is 10.9. The van der Waals surface area contributed by atoms with E-state index in [1.165, 1.54) is 0 Å². The molecule has 0 bridgehead atoms. The van der Waals surface area contributed by atoms with Crippen LogP contribution in [0.1, 0.15) is 11.3 Å². The largest absolute Gasteiger partial charge is 0.433 e. The zero-order chi connectivity index (χ0) is 12.8. The average molecular weight is 325 g/mol. The third kappa shape index (κ3) is 2.26. The second-order valence-electron chi connectivity index (χ2n) is 3.57. The molecular formula is C11H6BrClF3N. The maximum absolute atomic E-state index is 12.6. The van der Waals surface area contributed by atoms with Gasteiger partial charge in [-0.25, -0.2) is 4.98 Å². The SMILES string of the molecule is Cc1ccc(Br)c2c(Cl)cc(C(F)(F)F)nc12. The van der Waals surface area contributed by atoms with Gasteiger partial charge >= 0.3 is 6.18 Å². The molecule has 1 heterocycles. The molecule has 1 aromatic carbocycles. The van der Waals surface area contributed by atoms with Crippen LogP contribution in [-0.2, 0) is 6.18 Å². The van der Waals surface area contributed by atoms with E-state index in [4.69, 9.17) is 11.6 Å². The van der Waals surface area contributed by atoms with Crippen LogP contribution in [-0.4, -0.2) is 4.98 Å². The first-order chi connectivity index (χ1) is 7.80. The monoisotopic (exact) mass is 323 g/mol. The Bertz CT molecular complexity index is 595. The van der Waals surface area contributed by atoms with Crippen molar-refractivity contribution in [3.05, 3.63) is 39.0 Å². The molecule has 17 heavy (non-hydrogen) atoms. The van der Waals surface area contributed by atoms with E-state index in [-0.39, 0.29) is 10.5 Å². The Morgan fingerprint density at radius 1 is 1.29 bits per heavy atom. The molecule has 0 atom stereocenters. The number of hydrogen-bond donors (Lipinski definition) is 0. The summed E-state index contributed by atoms with van der Waals surface area (Å²) in [6, 6.07) is 4.27. The number of alkyl halides is 3. The molecule has 0 aliphatic heterocycles. The van der Waals surface area contributed by atoms with E-state index in [0.29, 0.717) is 15.4 Å². The maximum atomic E-state index is 12.6. The highest BCUT2D eigenvalue weighted by atomic mass is 79.9. The first kappa shape index (κ1) is 12.6. The van der Waals surface area contributed by atoms with E-state index >= 15 is 0 Å². The quantitative estimate of drug-likeness (QED) is 0.666. The number of hydrogen-bond acceptors (Lipinski definition) is 1. The van der Waals surface area contributed by atoms with Crippen molar-refractivity contribution in [3.63, 3.8) is 0 Å². The van der Waals surface area contributed by atoms with Gasteiger partial charge in [0, 0.05) is 9.86 Å². The molecule has 0 amide bonds. The lowest BCUT2D eigenvalue weighted by molar-refractivity contribution is -0.140. The van der Waals surface area contributed by atoms with Gasteiger partial charge in [-0.15, -0.1) is 0 Å². The fraction of sp³-hybridized carbons (Fsp3) is 0.182. The molecule has 2 rings (SSSR count). The van der Waals surface area contributed by atoms with Gasteiger partial charge in [0.05, 0.1) is 10.5 Å². The van der Waals surface area contributed by atoms with Crippen LogP contribution in [0.5, 0.6) is 0 Å². The summed E-state index contributed by atoms with van der Waals surface area (Å²) in [6.07, 6.45) is -4.49. The number of fused-ring (bicyclic) bond motifs is 1. The topological polar surface area (TPSA) is 12.9 Å². The average Bonchev–Trinajstić information content (AvgIpc) is 2.21. The molecule has 0 N–H and O–H groups in total. The lowest BCUT2D eigenvalue weighted by atomic mass is 10.1. The predicted molar refractivity (Wildman–Crippen MR) is 64.2 cm³/mol. The van der Waals surface area contributed by atoms with Crippen LogP contribution in [0.15, 0.2) is 22.7 Å². The molecule has 0 spiro atoms. The Morgan fingerprint density at radius 2 is 1.94 bits per heavy atom. The highest BCUT2D eigenvalue weighted by Gasteiger charge is 2.33. The third-order valence-corrected chi connectivity index (χ3v) is 3.31. The van der Waals surface area contributed by atoms with Crippen molar-refractivity contribution < 1.29 is 13.2 Å². The standard InChI is InChI=1S/C11H6BrClF3N/c1-5-2-3-6(12)9-7(13)4-8(11(14,15)16)17-10(5)9/h2-4H,1H3. The Morgan fingerprint density at radius 3 is 2.53 bits per heavy atom. The smallest absolute Gasteiger partial charge is 0.243 e. The number of aryl methyl sites for hydroxylation is 1. The van der Waals surface area contributed by atoms with Gasteiger partial charge < -0.3 is 0 Å². The van der Waals surface area contributed by atoms with Crippen molar-refractivity contribution in [2.45, 2.75) is 13.1 Å². The van der Waals surface area contributed by atoms with E-state index in [9.17, 15) is 13.2 Å². The lowest BCUT2D eigenvalue weighted by Gasteiger charge is -2.11. The number of nitrogens with zero attached hydrogens (tertiary/aromatic N) is 1. The molecule has 0 fully saturated rings. The summed E-state index contributed by atoms with van der Waals surface area (Å²) in [5.74, 6) is 0. The second-order valence-corrected chi connectivity index (χ2v) is 4.84. The number of benzene rings is 1. The molecule has 0 aliphatic carbocycles. The first-order valence-electron chi connectivity index (χ1n) is 4.63. The van der Waals surface area contributed by atoms with E-state index in [1.807, 2.05) is 0 Å². The highest BCUT2D eigenvalue weighted by Crippen LogP contribution is 2.36. The van der Waals surface area contributed by atoms with Crippen molar-refractivity contribution in [3.8, 4) is 0 Å². The van der Waals surface area contributed by atoms with Crippen molar-refractivity contribution in [1.29, 1.82) is 0 Å². The molecule has 90 valence electrons. The number of rotatable bonds is 0. The van der Waals surface area contributed by atoms with Gasteiger partial charge in [0.15, 0.2) is 0 Å². The molecule has 0 saturated carbocycles. The van der Waals surface area contributed by atoms with Crippen LogP contribution in [0.3, 0.4) is 0 Å². The van der Waals surface area contributed by atoms with Crippen molar-refractivity contribution in [2.75, 3.05) is 0 Å². The predicted octanol–water partition coefficient (Wildman–Crippen LogP) is 4.98. The molecule has 1 aromatic heterocycles. The van der Waals surface area contributed by atoms with Gasteiger partial charge in [0.1, 0.15) is 5.69 Å². The summed E-state index contributed by atoms with van der Waals surface area (Å²) in [6.45, 7) is 1.69. The lowest BCUT2D eigenvalue weighted by Crippen LogP contribution is -2.08. The molecule has 2 aromatic rings. The molecule has 0 aliphatic rings. The minimum Gasteiger partial charge on any atom is -0.243 e. The molecule has 1 nitrogen and oxygen atoms in total. The van der Waals surface area contributed by atoms with Gasteiger partial charge in [-0.3, -0.25) is 0 Å². The fourth-order valence-electron chi connectivity index (χ4n) is 1.53. The summed E-state index contributed by atoms with van der Waals surface area (Å²) >= 11 is 9.13. The Balaban J connectivity index is 2.87. The Kier molecular flexibility index (Phi) is 3.08. The van der Waals surface area contributed by atoms with Gasteiger partial charge in [-0.05, 0) is 24.6 Å². The van der Waals surface area contributed by atoms with Gasteiger partial charge in [-0.2, -0.15) is 13.2 Å². The van der Waals surface area contributed by atoms with E-state index < -0.39 is 11.9 Å². The third-order valence-electron chi connectivity index (χ3n) is 2.35. The highest BCUT2D eigenvalue weighted by molar-refractivity contribution is 9.10. The van der Waals surface area contributed by atoms with Crippen LogP contribution >= 0.6 is 27.5 Å². The minimum atomic E-state index is -4.49. The van der Waals surface area contributed by atoms with Gasteiger partial charge in [0.25, 0.3) is 0 Å². The minimum absolute atomic E-state index is 0.0397. The molecule has 0 radical (unpaired) electrons. The summed E-state index contributed by atoms with van der Waals surface area (Å²) in [4.78, 5) is 3.63.